The largest absolute Gasteiger partial charge is 0.481 e. The van der Waals surface area contributed by atoms with E-state index in [1.165, 1.54) is 0 Å². The Bertz CT molecular complexity index is 695. The zero-order chi connectivity index (χ0) is 18.6. The van der Waals surface area contributed by atoms with Gasteiger partial charge in [0.15, 0.2) is 0 Å². The molecule has 1 aliphatic heterocycles. The first-order valence-electron chi connectivity index (χ1n) is 9.39. The standard InChI is InChI=1S/C20H26N2O4/c23-17(21-13-20(19(25)26)10-4-1-5-11-20)9-8-15-12-14-6-2-3-7-16(14)22-18(15)24/h2-3,6-7,15H,1,4-5,8-13H2,(H,21,23)(H,22,24)(H,25,26). The smallest absolute Gasteiger partial charge is 0.311 e. The Morgan fingerprint density at radius 3 is 2.65 bits per heavy atom. The lowest BCUT2D eigenvalue weighted by atomic mass is 9.74. The lowest BCUT2D eigenvalue weighted by Crippen LogP contribution is -2.44. The van der Waals surface area contributed by atoms with Crippen LogP contribution in [0.3, 0.4) is 0 Å². The number of nitrogens with one attached hydrogen (secondary N) is 2. The number of benzene rings is 1. The predicted molar refractivity (Wildman–Crippen MR) is 97.7 cm³/mol. The third kappa shape index (κ3) is 4.06. The molecule has 140 valence electrons. The maximum atomic E-state index is 12.2. The first kappa shape index (κ1) is 18.4. The summed E-state index contributed by atoms with van der Waals surface area (Å²) in [4.78, 5) is 36.1. The first-order chi connectivity index (χ1) is 12.5. The summed E-state index contributed by atoms with van der Waals surface area (Å²) in [6.45, 7) is 0.181. The van der Waals surface area contributed by atoms with E-state index in [0.717, 1.165) is 30.5 Å². The highest BCUT2D eigenvalue weighted by molar-refractivity contribution is 5.96. The predicted octanol–water partition coefficient (Wildman–Crippen LogP) is 2.73. The third-order valence-corrected chi connectivity index (χ3v) is 5.72. The van der Waals surface area contributed by atoms with E-state index >= 15 is 0 Å². The van der Waals surface area contributed by atoms with Gasteiger partial charge in [-0.3, -0.25) is 14.4 Å². The molecule has 0 radical (unpaired) electrons. The number of anilines is 1. The van der Waals surface area contributed by atoms with E-state index in [0.29, 0.717) is 25.7 Å². The second-order valence-electron chi connectivity index (χ2n) is 7.51. The third-order valence-electron chi connectivity index (χ3n) is 5.72. The summed E-state index contributed by atoms with van der Waals surface area (Å²) in [6, 6.07) is 7.69. The van der Waals surface area contributed by atoms with Gasteiger partial charge in [-0.05, 0) is 37.3 Å². The van der Waals surface area contributed by atoms with Gasteiger partial charge in [0, 0.05) is 24.6 Å². The molecule has 2 aliphatic rings. The Kier molecular flexibility index (Phi) is 5.59. The average molecular weight is 358 g/mol. The first-order valence-corrected chi connectivity index (χ1v) is 9.39. The molecule has 1 fully saturated rings. The number of hydrogen-bond acceptors (Lipinski definition) is 3. The fraction of sp³-hybridized carbons (Fsp3) is 0.550. The lowest BCUT2D eigenvalue weighted by molar-refractivity contribution is -0.151. The number of carbonyl (C=O) groups is 3. The monoisotopic (exact) mass is 358 g/mol. The molecule has 1 aliphatic carbocycles. The van der Waals surface area contributed by atoms with Crippen molar-refractivity contribution < 1.29 is 19.5 Å². The van der Waals surface area contributed by atoms with Gasteiger partial charge in [-0.15, -0.1) is 0 Å². The SMILES string of the molecule is O=C(CCC1Cc2ccccc2NC1=O)NCC1(C(=O)O)CCCCC1. The highest BCUT2D eigenvalue weighted by Crippen LogP contribution is 2.36. The van der Waals surface area contributed by atoms with Gasteiger partial charge < -0.3 is 15.7 Å². The molecular weight excluding hydrogens is 332 g/mol. The van der Waals surface area contributed by atoms with Crippen LogP contribution in [0, 0.1) is 11.3 Å². The van der Waals surface area contributed by atoms with Gasteiger partial charge in [-0.2, -0.15) is 0 Å². The van der Waals surface area contributed by atoms with Crippen molar-refractivity contribution in [3.63, 3.8) is 0 Å². The normalized spacial score (nSPS) is 21.4. The highest BCUT2D eigenvalue weighted by atomic mass is 16.4. The van der Waals surface area contributed by atoms with Crippen LogP contribution in [0.2, 0.25) is 0 Å². The zero-order valence-electron chi connectivity index (χ0n) is 14.9. The maximum absolute atomic E-state index is 12.2. The molecule has 1 aromatic rings. The van der Waals surface area contributed by atoms with E-state index in [1.54, 1.807) is 0 Å². The fourth-order valence-electron chi connectivity index (χ4n) is 4.00. The Hall–Kier alpha value is -2.37. The molecule has 3 rings (SSSR count). The van der Waals surface area contributed by atoms with Crippen LogP contribution < -0.4 is 10.6 Å². The summed E-state index contributed by atoms with van der Waals surface area (Å²) in [7, 11) is 0. The summed E-state index contributed by atoms with van der Waals surface area (Å²) < 4.78 is 0. The average Bonchev–Trinajstić information content (AvgIpc) is 2.65. The molecule has 1 unspecified atom stereocenters. The second kappa shape index (κ2) is 7.89. The lowest BCUT2D eigenvalue weighted by Gasteiger charge is -2.33. The Morgan fingerprint density at radius 1 is 1.19 bits per heavy atom. The van der Waals surface area contributed by atoms with E-state index in [-0.39, 0.29) is 30.7 Å². The van der Waals surface area contributed by atoms with Gasteiger partial charge in [0.2, 0.25) is 11.8 Å². The van der Waals surface area contributed by atoms with E-state index in [4.69, 9.17) is 0 Å². The van der Waals surface area contributed by atoms with E-state index in [9.17, 15) is 19.5 Å². The van der Waals surface area contributed by atoms with Crippen LogP contribution in [-0.4, -0.2) is 29.4 Å². The van der Waals surface area contributed by atoms with Gasteiger partial charge in [0.05, 0.1) is 5.41 Å². The Balaban J connectivity index is 1.50. The van der Waals surface area contributed by atoms with Gasteiger partial charge in [0.1, 0.15) is 0 Å². The molecule has 0 bridgehead atoms. The van der Waals surface area contributed by atoms with Crippen LogP contribution in [0.1, 0.15) is 50.5 Å². The van der Waals surface area contributed by atoms with Crippen LogP contribution in [-0.2, 0) is 20.8 Å². The number of para-hydroxylation sites is 1. The summed E-state index contributed by atoms with van der Waals surface area (Å²) in [6.07, 6.45) is 5.40. The summed E-state index contributed by atoms with van der Waals surface area (Å²) >= 11 is 0. The van der Waals surface area contributed by atoms with Crippen LogP contribution in [0.4, 0.5) is 5.69 Å². The van der Waals surface area contributed by atoms with E-state index in [1.807, 2.05) is 24.3 Å². The molecule has 1 atom stereocenters. The van der Waals surface area contributed by atoms with Crippen LogP contribution in [0.15, 0.2) is 24.3 Å². The Labute approximate surface area is 153 Å². The molecule has 26 heavy (non-hydrogen) atoms. The van der Waals surface area contributed by atoms with Crippen molar-refractivity contribution in [1.29, 1.82) is 0 Å². The minimum atomic E-state index is -0.824. The second-order valence-corrected chi connectivity index (χ2v) is 7.51. The molecule has 0 saturated heterocycles. The minimum absolute atomic E-state index is 0.0502. The summed E-state index contributed by atoms with van der Waals surface area (Å²) in [5.74, 6) is -1.27. The number of aliphatic carboxylic acids is 1. The summed E-state index contributed by atoms with van der Waals surface area (Å²) in [5, 5.41) is 15.2. The summed E-state index contributed by atoms with van der Waals surface area (Å²) in [5.41, 5.74) is 1.11. The van der Waals surface area contributed by atoms with Crippen molar-refractivity contribution in [2.24, 2.45) is 11.3 Å². The maximum Gasteiger partial charge on any atom is 0.311 e. The molecule has 0 spiro atoms. The molecule has 0 aromatic heterocycles. The van der Waals surface area contributed by atoms with Crippen LogP contribution >= 0.6 is 0 Å². The highest BCUT2D eigenvalue weighted by Gasteiger charge is 2.39. The zero-order valence-corrected chi connectivity index (χ0v) is 14.9. The number of fused-ring (bicyclic) bond motifs is 1. The number of carbonyl (C=O) groups excluding carboxylic acids is 2. The van der Waals surface area contributed by atoms with Crippen molar-refractivity contribution in [2.75, 3.05) is 11.9 Å². The molecule has 6 nitrogen and oxygen atoms in total. The number of carboxylic acid groups (broad SMARTS) is 1. The van der Waals surface area contributed by atoms with Gasteiger partial charge in [-0.25, -0.2) is 0 Å². The van der Waals surface area contributed by atoms with Crippen molar-refractivity contribution in [3.05, 3.63) is 29.8 Å². The van der Waals surface area contributed by atoms with Gasteiger partial charge >= 0.3 is 5.97 Å². The quantitative estimate of drug-likeness (QED) is 0.728. The number of carboxylic acids is 1. The van der Waals surface area contributed by atoms with E-state index < -0.39 is 11.4 Å². The van der Waals surface area contributed by atoms with Gasteiger partial charge in [0.25, 0.3) is 0 Å². The molecule has 1 saturated carbocycles. The molecule has 1 heterocycles. The minimum Gasteiger partial charge on any atom is -0.481 e. The molecule has 2 amide bonds. The van der Waals surface area contributed by atoms with Crippen LogP contribution in [0.25, 0.3) is 0 Å². The molecule has 6 heteroatoms. The topological polar surface area (TPSA) is 95.5 Å². The van der Waals surface area contributed by atoms with Gasteiger partial charge in [-0.1, -0.05) is 37.5 Å². The number of amides is 2. The van der Waals surface area contributed by atoms with E-state index in [2.05, 4.69) is 10.6 Å². The van der Waals surface area contributed by atoms with Crippen molar-refractivity contribution >= 4 is 23.5 Å². The number of hydrogen-bond donors (Lipinski definition) is 3. The van der Waals surface area contributed by atoms with Crippen molar-refractivity contribution in [1.82, 2.24) is 5.32 Å². The fourth-order valence-corrected chi connectivity index (χ4v) is 4.00. The molecular formula is C20H26N2O4. The van der Waals surface area contributed by atoms with Crippen molar-refractivity contribution in [2.45, 2.75) is 51.4 Å². The number of rotatable bonds is 6. The molecule has 1 aromatic carbocycles. The van der Waals surface area contributed by atoms with Crippen LogP contribution in [0.5, 0.6) is 0 Å². The molecule has 3 N–H and O–H groups in total. The Morgan fingerprint density at radius 2 is 1.92 bits per heavy atom. The van der Waals surface area contributed by atoms with Crippen molar-refractivity contribution in [3.8, 4) is 0 Å².